The summed E-state index contributed by atoms with van der Waals surface area (Å²) in [4.78, 5) is 0. The van der Waals surface area contributed by atoms with Gasteiger partial charge >= 0.3 is 0 Å². The predicted octanol–water partition coefficient (Wildman–Crippen LogP) is 1.74. The maximum Gasteiger partial charge on any atom is 0.142 e. The molecule has 1 aromatic rings. The van der Waals surface area contributed by atoms with E-state index in [4.69, 9.17) is 15.2 Å². The van der Waals surface area contributed by atoms with Gasteiger partial charge in [-0.2, -0.15) is 0 Å². The Labute approximate surface area is 82.6 Å². The Morgan fingerprint density at radius 2 is 2.07 bits per heavy atom. The van der Waals surface area contributed by atoms with Gasteiger partial charge in [-0.15, -0.1) is 0 Å². The minimum Gasteiger partial charge on any atom is -0.489 e. The molecule has 0 heterocycles. The van der Waals surface area contributed by atoms with Gasteiger partial charge in [0, 0.05) is 13.2 Å². The van der Waals surface area contributed by atoms with Crippen LogP contribution in [-0.2, 0) is 4.74 Å². The first-order valence-corrected chi connectivity index (χ1v) is 4.32. The Bertz CT molecular complexity index is 315. The molecule has 0 atom stereocenters. The van der Waals surface area contributed by atoms with E-state index in [1.54, 1.807) is 20.1 Å². The molecule has 0 aliphatic carbocycles. The molecule has 78 valence electrons. The molecule has 0 aliphatic rings. The molecule has 0 radical (unpaired) electrons. The van der Waals surface area contributed by atoms with Gasteiger partial charge in [0.25, 0.3) is 0 Å². The number of aryl methyl sites for hydroxylation is 1. The Balaban J connectivity index is 2.72. The summed E-state index contributed by atoms with van der Waals surface area (Å²) in [6.07, 6.45) is 0. The van der Waals surface area contributed by atoms with Crippen LogP contribution >= 0.6 is 0 Å². The van der Waals surface area contributed by atoms with E-state index >= 15 is 0 Å². The molecule has 0 amide bonds. The monoisotopic (exact) mass is 199 g/mol. The van der Waals surface area contributed by atoms with Crippen molar-refractivity contribution >= 4 is 5.69 Å². The summed E-state index contributed by atoms with van der Waals surface area (Å²) >= 11 is 0. The lowest BCUT2D eigenvalue weighted by atomic mass is 10.2. The van der Waals surface area contributed by atoms with Crippen LogP contribution in [0, 0.1) is 12.7 Å². The first-order valence-electron chi connectivity index (χ1n) is 4.32. The van der Waals surface area contributed by atoms with E-state index in [1.807, 2.05) is 0 Å². The number of benzene rings is 1. The van der Waals surface area contributed by atoms with Gasteiger partial charge in [0.05, 0.1) is 12.3 Å². The van der Waals surface area contributed by atoms with Crippen molar-refractivity contribution in [3.8, 4) is 5.75 Å². The Morgan fingerprint density at radius 3 is 2.71 bits per heavy atom. The zero-order chi connectivity index (χ0) is 10.6. The number of ether oxygens (including phenoxy) is 2. The third-order valence-electron chi connectivity index (χ3n) is 1.84. The normalized spacial score (nSPS) is 10.2. The van der Waals surface area contributed by atoms with Crippen LogP contribution < -0.4 is 10.5 Å². The van der Waals surface area contributed by atoms with Crippen molar-refractivity contribution in [1.82, 2.24) is 0 Å². The Hall–Kier alpha value is -1.29. The average Bonchev–Trinajstić information content (AvgIpc) is 2.14. The van der Waals surface area contributed by atoms with Gasteiger partial charge in [0.15, 0.2) is 0 Å². The highest BCUT2D eigenvalue weighted by molar-refractivity contribution is 5.54. The maximum atomic E-state index is 13.0. The quantitative estimate of drug-likeness (QED) is 0.593. The molecular formula is C10H14FNO2. The molecule has 0 aromatic heterocycles. The molecule has 1 rings (SSSR count). The highest BCUT2D eigenvalue weighted by Gasteiger charge is 2.05. The van der Waals surface area contributed by atoms with Crippen molar-refractivity contribution in [3.05, 3.63) is 23.5 Å². The number of nitrogens with two attached hydrogens (primary N) is 1. The van der Waals surface area contributed by atoms with Crippen molar-refractivity contribution in [2.75, 3.05) is 26.1 Å². The summed E-state index contributed by atoms with van der Waals surface area (Å²) in [6.45, 7) is 2.56. The third-order valence-corrected chi connectivity index (χ3v) is 1.84. The Morgan fingerprint density at radius 1 is 1.36 bits per heavy atom. The lowest BCUT2D eigenvalue weighted by Crippen LogP contribution is -2.06. The van der Waals surface area contributed by atoms with Gasteiger partial charge < -0.3 is 15.2 Å². The molecule has 14 heavy (non-hydrogen) atoms. The lowest BCUT2D eigenvalue weighted by molar-refractivity contribution is 0.146. The SMILES string of the molecule is COCCOc1cc(C)c(F)cc1N. The molecule has 1 aromatic carbocycles. The smallest absolute Gasteiger partial charge is 0.142 e. The van der Waals surface area contributed by atoms with Crippen LogP contribution in [0.15, 0.2) is 12.1 Å². The summed E-state index contributed by atoms with van der Waals surface area (Å²) in [5, 5.41) is 0. The third kappa shape index (κ3) is 2.60. The van der Waals surface area contributed by atoms with Crippen LogP contribution in [0.3, 0.4) is 0 Å². The average molecular weight is 199 g/mol. The molecule has 0 saturated carbocycles. The van der Waals surface area contributed by atoms with Gasteiger partial charge in [-0.3, -0.25) is 0 Å². The second-order valence-corrected chi connectivity index (χ2v) is 2.98. The second-order valence-electron chi connectivity index (χ2n) is 2.98. The number of nitrogen functional groups attached to an aromatic ring is 1. The fourth-order valence-corrected chi connectivity index (χ4v) is 1.03. The summed E-state index contributed by atoms with van der Waals surface area (Å²) in [5.41, 5.74) is 6.40. The van der Waals surface area contributed by atoms with Gasteiger partial charge in [-0.25, -0.2) is 4.39 Å². The first-order chi connectivity index (χ1) is 6.65. The minimum absolute atomic E-state index is 0.309. The van der Waals surface area contributed by atoms with Crippen LogP contribution in [0.4, 0.5) is 10.1 Å². The largest absolute Gasteiger partial charge is 0.489 e. The second kappa shape index (κ2) is 4.81. The molecule has 0 fully saturated rings. The number of hydrogen-bond donors (Lipinski definition) is 1. The van der Waals surface area contributed by atoms with Crippen molar-refractivity contribution < 1.29 is 13.9 Å². The lowest BCUT2D eigenvalue weighted by Gasteiger charge is -2.09. The van der Waals surface area contributed by atoms with Crippen LogP contribution in [0.2, 0.25) is 0 Å². The number of methoxy groups -OCH3 is 1. The summed E-state index contributed by atoms with van der Waals surface area (Å²) in [5.74, 6) is 0.183. The van der Waals surface area contributed by atoms with Crippen LogP contribution in [-0.4, -0.2) is 20.3 Å². The van der Waals surface area contributed by atoms with E-state index in [1.165, 1.54) is 6.07 Å². The number of anilines is 1. The number of halogens is 1. The van der Waals surface area contributed by atoms with E-state index in [-0.39, 0.29) is 5.82 Å². The summed E-state index contributed by atoms with van der Waals surface area (Å²) in [6, 6.07) is 2.85. The Kier molecular flexibility index (Phi) is 3.71. The molecular weight excluding hydrogens is 185 g/mol. The molecule has 3 nitrogen and oxygen atoms in total. The van der Waals surface area contributed by atoms with E-state index in [0.717, 1.165) is 0 Å². The molecule has 0 spiro atoms. The van der Waals surface area contributed by atoms with Crippen LogP contribution in [0.5, 0.6) is 5.75 Å². The van der Waals surface area contributed by atoms with Gasteiger partial charge in [0.2, 0.25) is 0 Å². The molecule has 4 heteroatoms. The zero-order valence-corrected chi connectivity index (χ0v) is 8.34. The van der Waals surface area contributed by atoms with Gasteiger partial charge in [-0.05, 0) is 18.6 Å². The highest BCUT2D eigenvalue weighted by Crippen LogP contribution is 2.24. The van der Waals surface area contributed by atoms with Crippen LogP contribution in [0.1, 0.15) is 5.56 Å². The zero-order valence-electron chi connectivity index (χ0n) is 8.34. The van der Waals surface area contributed by atoms with Crippen molar-refractivity contribution in [1.29, 1.82) is 0 Å². The van der Waals surface area contributed by atoms with Crippen molar-refractivity contribution in [2.24, 2.45) is 0 Å². The van der Waals surface area contributed by atoms with Gasteiger partial charge in [-0.1, -0.05) is 0 Å². The number of rotatable bonds is 4. The van der Waals surface area contributed by atoms with Crippen molar-refractivity contribution in [3.63, 3.8) is 0 Å². The number of hydrogen-bond acceptors (Lipinski definition) is 3. The summed E-state index contributed by atoms with van der Waals surface area (Å²) < 4.78 is 23.1. The van der Waals surface area contributed by atoms with Crippen molar-refractivity contribution in [2.45, 2.75) is 6.92 Å². The molecule has 0 bridgehead atoms. The topological polar surface area (TPSA) is 44.5 Å². The van der Waals surface area contributed by atoms with Crippen LogP contribution in [0.25, 0.3) is 0 Å². The molecule has 0 saturated heterocycles. The first kappa shape index (κ1) is 10.8. The highest BCUT2D eigenvalue weighted by atomic mass is 19.1. The standard InChI is InChI=1S/C10H14FNO2/c1-7-5-10(14-4-3-13-2)9(12)6-8(7)11/h5-6H,3-4,12H2,1-2H3. The predicted molar refractivity (Wildman–Crippen MR) is 52.9 cm³/mol. The molecule has 0 aliphatic heterocycles. The fourth-order valence-electron chi connectivity index (χ4n) is 1.03. The van der Waals surface area contributed by atoms with E-state index in [0.29, 0.717) is 30.2 Å². The minimum atomic E-state index is -0.318. The van der Waals surface area contributed by atoms with E-state index in [9.17, 15) is 4.39 Å². The maximum absolute atomic E-state index is 13.0. The molecule has 0 unspecified atom stereocenters. The van der Waals surface area contributed by atoms with E-state index in [2.05, 4.69) is 0 Å². The summed E-state index contributed by atoms with van der Waals surface area (Å²) in [7, 11) is 1.59. The van der Waals surface area contributed by atoms with Gasteiger partial charge in [0.1, 0.15) is 18.2 Å². The van der Waals surface area contributed by atoms with E-state index < -0.39 is 0 Å². The fraction of sp³-hybridized carbons (Fsp3) is 0.400. The molecule has 2 N–H and O–H groups in total.